The Morgan fingerprint density at radius 2 is 1.91 bits per heavy atom. The summed E-state index contributed by atoms with van der Waals surface area (Å²) in [5.41, 5.74) is 2.88. The van der Waals surface area contributed by atoms with Gasteiger partial charge in [0.2, 0.25) is 0 Å². The van der Waals surface area contributed by atoms with E-state index in [-0.39, 0.29) is 6.61 Å². The molecule has 1 N–H and O–H groups in total. The highest BCUT2D eigenvalue weighted by Crippen LogP contribution is 2.34. The lowest BCUT2D eigenvalue weighted by atomic mass is 9.86. The van der Waals surface area contributed by atoms with E-state index >= 15 is 0 Å². The number of aliphatic imine (C=N–C) groups is 1. The number of nitriles is 1. The lowest BCUT2D eigenvalue weighted by molar-refractivity contribution is -0.0537. The summed E-state index contributed by atoms with van der Waals surface area (Å²) in [6.07, 6.45) is 9.40. The van der Waals surface area contributed by atoms with E-state index in [0.29, 0.717) is 34.5 Å². The summed E-state index contributed by atoms with van der Waals surface area (Å²) in [7, 11) is 5.97. The third-order valence-corrected chi connectivity index (χ3v) is 8.28. The smallest absolute Gasteiger partial charge is 0.138 e. The zero-order valence-corrected chi connectivity index (χ0v) is 27.1. The van der Waals surface area contributed by atoms with E-state index in [1.54, 1.807) is 24.6 Å². The summed E-state index contributed by atoms with van der Waals surface area (Å²) in [6.45, 7) is 12.3. The number of allylic oxidation sites excluding steroid dienone is 2. The van der Waals surface area contributed by atoms with Crippen LogP contribution >= 0.6 is 0 Å². The van der Waals surface area contributed by atoms with Crippen LogP contribution in [-0.4, -0.2) is 107 Å². The Balaban J connectivity index is 1.20. The molecule has 3 saturated heterocycles. The fourth-order valence-corrected chi connectivity index (χ4v) is 5.95. The molecule has 10 nitrogen and oxygen atoms in total. The van der Waals surface area contributed by atoms with Crippen LogP contribution in [0.5, 0.6) is 11.5 Å². The molecule has 2 bridgehead atoms. The SMILES string of the molecule is C=C(/C=C\C(=NC)N1CC2CC(C1)N2Cc1ccc(OCCCN(C)C)cc1)c1cc(OCC(C)(C)O)cn2ncc(C#N)c12. The first-order chi connectivity index (χ1) is 21.5. The normalized spacial score (nSPS) is 18.8. The van der Waals surface area contributed by atoms with Crippen LogP contribution in [0.3, 0.4) is 0 Å². The lowest BCUT2D eigenvalue weighted by Crippen LogP contribution is -2.68. The van der Waals surface area contributed by atoms with Crippen LogP contribution in [0.15, 0.2) is 66.4 Å². The molecule has 0 amide bonds. The molecule has 3 fully saturated rings. The molecule has 10 heteroatoms. The molecule has 3 aliphatic rings. The van der Waals surface area contributed by atoms with Crippen molar-refractivity contribution in [2.45, 2.75) is 50.9 Å². The molecule has 0 aliphatic carbocycles. The molecule has 6 rings (SSSR count). The van der Waals surface area contributed by atoms with Crippen LogP contribution in [0, 0.1) is 11.3 Å². The van der Waals surface area contributed by atoms with E-state index in [4.69, 9.17) is 9.47 Å². The monoisotopic (exact) mass is 611 g/mol. The minimum absolute atomic E-state index is 0.116. The van der Waals surface area contributed by atoms with Gasteiger partial charge in [-0.25, -0.2) is 4.52 Å². The number of aliphatic hydroxyl groups is 1. The van der Waals surface area contributed by atoms with Gasteiger partial charge < -0.3 is 24.4 Å². The number of rotatable bonds is 13. The fourth-order valence-electron chi connectivity index (χ4n) is 5.95. The Morgan fingerprint density at radius 3 is 2.56 bits per heavy atom. The maximum absolute atomic E-state index is 10.1. The van der Waals surface area contributed by atoms with Crippen molar-refractivity contribution in [2.24, 2.45) is 4.99 Å². The summed E-state index contributed by atoms with van der Waals surface area (Å²) in [5, 5.41) is 24.2. The number of benzene rings is 1. The number of hydrogen-bond acceptors (Lipinski definition) is 8. The Morgan fingerprint density at radius 1 is 1.18 bits per heavy atom. The molecule has 3 aromatic rings. The molecule has 5 heterocycles. The molecule has 0 spiro atoms. The van der Waals surface area contributed by atoms with Crippen LogP contribution in [0.25, 0.3) is 11.1 Å². The molecule has 1 aromatic carbocycles. The van der Waals surface area contributed by atoms with Crippen molar-refractivity contribution >= 4 is 16.9 Å². The van der Waals surface area contributed by atoms with E-state index in [2.05, 4.69) is 75.8 Å². The molecule has 3 aliphatic heterocycles. The third kappa shape index (κ3) is 7.92. The van der Waals surface area contributed by atoms with Gasteiger partial charge >= 0.3 is 0 Å². The summed E-state index contributed by atoms with van der Waals surface area (Å²) in [5.74, 6) is 2.36. The Hall–Kier alpha value is -4.17. The first-order valence-electron chi connectivity index (χ1n) is 15.5. The van der Waals surface area contributed by atoms with Crippen LogP contribution in [0.2, 0.25) is 0 Å². The van der Waals surface area contributed by atoms with Gasteiger partial charge in [0.25, 0.3) is 0 Å². The largest absolute Gasteiger partial charge is 0.494 e. The summed E-state index contributed by atoms with van der Waals surface area (Å²) in [4.78, 5) is 11.7. The highest BCUT2D eigenvalue weighted by molar-refractivity contribution is 5.97. The lowest BCUT2D eigenvalue weighted by Gasteiger charge is -2.57. The molecule has 0 radical (unpaired) electrons. The van der Waals surface area contributed by atoms with Crippen molar-refractivity contribution in [1.82, 2.24) is 24.3 Å². The number of pyridine rings is 1. The molecule has 2 aromatic heterocycles. The van der Waals surface area contributed by atoms with Gasteiger partial charge in [0.1, 0.15) is 30.0 Å². The Labute approximate surface area is 266 Å². The van der Waals surface area contributed by atoms with Crippen molar-refractivity contribution < 1.29 is 14.6 Å². The Bertz CT molecular complexity index is 1580. The number of fused-ring (bicyclic) bond motifs is 3. The summed E-state index contributed by atoms with van der Waals surface area (Å²) < 4.78 is 13.4. The molecule has 45 heavy (non-hydrogen) atoms. The number of piperidine rings is 1. The number of amidine groups is 1. The van der Waals surface area contributed by atoms with Gasteiger partial charge in [-0.1, -0.05) is 24.8 Å². The van der Waals surface area contributed by atoms with Crippen molar-refractivity contribution in [3.63, 3.8) is 0 Å². The average Bonchev–Trinajstić information content (AvgIpc) is 3.44. The maximum Gasteiger partial charge on any atom is 0.138 e. The highest BCUT2D eigenvalue weighted by Gasteiger charge is 2.44. The topological polar surface area (TPSA) is 102 Å². The van der Waals surface area contributed by atoms with E-state index in [9.17, 15) is 10.4 Å². The molecule has 238 valence electrons. The standard InChI is InChI=1S/C35H45N7O3/c1-25(32-17-31(45-24-35(2,3)43)23-42-34(32)27(18-36)19-38-42)8-13-33(37-4)40-21-28-16-29(22-40)41(28)20-26-9-11-30(12-10-26)44-15-7-14-39(5)6/h8-13,17,19,23,28-29,43H,1,7,14-16,20-22,24H2,2-6H3/b13-8-,37-33?. The minimum atomic E-state index is -0.990. The van der Waals surface area contributed by atoms with E-state index < -0.39 is 5.60 Å². The highest BCUT2D eigenvalue weighted by atomic mass is 16.5. The zero-order chi connectivity index (χ0) is 32.1. The zero-order valence-electron chi connectivity index (χ0n) is 27.1. The van der Waals surface area contributed by atoms with Gasteiger partial charge in [0.05, 0.1) is 35.7 Å². The fraction of sp³-hybridized carbons (Fsp3) is 0.457. The number of ether oxygens (including phenoxy) is 2. The van der Waals surface area contributed by atoms with Gasteiger partial charge in [0, 0.05) is 50.9 Å². The van der Waals surface area contributed by atoms with Gasteiger partial charge in [0.15, 0.2) is 0 Å². The number of hydrogen-bond donors (Lipinski definition) is 1. The second kappa shape index (κ2) is 13.9. The van der Waals surface area contributed by atoms with Gasteiger partial charge in [-0.2, -0.15) is 10.4 Å². The number of piperazine rings is 1. The first kappa shape index (κ1) is 32.2. The van der Waals surface area contributed by atoms with Crippen molar-refractivity contribution in [3.8, 4) is 17.6 Å². The third-order valence-electron chi connectivity index (χ3n) is 8.28. The van der Waals surface area contributed by atoms with Crippen molar-refractivity contribution in [2.75, 3.05) is 54.0 Å². The van der Waals surface area contributed by atoms with Gasteiger partial charge in [-0.05, 0) is 76.2 Å². The number of aromatic nitrogens is 2. The van der Waals surface area contributed by atoms with Gasteiger partial charge in [-0.15, -0.1) is 0 Å². The molecule has 2 unspecified atom stereocenters. The van der Waals surface area contributed by atoms with Crippen molar-refractivity contribution in [1.29, 1.82) is 5.26 Å². The van der Waals surface area contributed by atoms with Crippen LogP contribution < -0.4 is 9.47 Å². The second-order valence-electron chi connectivity index (χ2n) is 12.9. The predicted molar refractivity (Wildman–Crippen MR) is 178 cm³/mol. The molecular weight excluding hydrogens is 566 g/mol. The van der Waals surface area contributed by atoms with E-state index in [1.165, 1.54) is 18.2 Å². The summed E-state index contributed by atoms with van der Waals surface area (Å²) in [6, 6.07) is 13.6. The van der Waals surface area contributed by atoms with E-state index in [0.717, 1.165) is 56.4 Å². The number of nitrogens with zero attached hydrogens (tertiary/aromatic N) is 7. The predicted octanol–water partition coefficient (Wildman–Crippen LogP) is 4.24. The Kier molecular flexibility index (Phi) is 9.93. The average molecular weight is 612 g/mol. The maximum atomic E-state index is 10.1. The first-order valence-corrected chi connectivity index (χ1v) is 15.5. The van der Waals surface area contributed by atoms with E-state index in [1.807, 2.05) is 25.3 Å². The quantitative estimate of drug-likeness (QED) is 0.133. The second-order valence-corrected chi connectivity index (χ2v) is 12.9. The minimum Gasteiger partial charge on any atom is -0.494 e. The van der Waals surface area contributed by atoms with Crippen LogP contribution in [-0.2, 0) is 6.54 Å². The van der Waals surface area contributed by atoms with Gasteiger partial charge in [-0.3, -0.25) is 9.89 Å². The van der Waals surface area contributed by atoms with Crippen molar-refractivity contribution in [3.05, 3.63) is 78.1 Å². The molecular formula is C35H45N7O3. The summed E-state index contributed by atoms with van der Waals surface area (Å²) >= 11 is 0. The van der Waals surface area contributed by atoms with Crippen LogP contribution in [0.1, 0.15) is 43.4 Å². The molecule has 0 saturated carbocycles. The van der Waals surface area contributed by atoms with Crippen LogP contribution in [0.4, 0.5) is 0 Å². The molecule has 2 atom stereocenters.